The Morgan fingerprint density at radius 2 is 2.14 bits per heavy atom. The van der Waals surface area contributed by atoms with Crippen LogP contribution in [0.5, 0.6) is 0 Å². The summed E-state index contributed by atoms with van der Waals surface area (Å²) in [6.45, 7) is 0.671. The van der Waals surface area contributed by atoms with Gasteiger partial charge in [0.05, 0.1) is 12.6 Å². The second-order valence-electron chi connectivity index (χ2n) is 3.02. The first kappa shape index (κ1) is 9.12. The van der Waals surface area contributed by atoms with Crippen LogP contribution in [0.4, 0.5) is 0 Å². The fourth-order valence-corrected chi connectivity index (χ4v) is 1.46. The molecule has 0 amide bonds. The molecule has 0 unspecified atom stereocenters. The van der Waals surface area contributed by atoms with Crippen molar-refractivity contribution in [2.45, 2.75) is 6.54 Å². The van der Waals surface area contributed by atoms with Gasteiger partial charge in [0.1, 0.15) is 0 Å². The molecule has 14 heavy (non-hydrogen) atoms. The molecule has 0 spiro atoms. The van der Waals surface area contributed by atoms with E-state index in [4.69, 9.17) is 4.84 Å². The topological polar surface area (TPSA) is 34.1 Å². The summed E-state index contributed by atoms with van der Waals surface area (Å²) in [6, 6.07) is 10.1. The monoisotopic (exact) mass is 188 g/mol. The number of hydroxylamine groups is 1. The normalized spacial score (nSPS) is 10.6. The Morgan fingerprint density at radius 3 is 3.00 bits per heavy atom. The lowest BCUT2D eigenvalue weighted by atomic mass is 10.1. The van der Waals surface area contributed by atoms with Crippen molar-refractivity contribution in [2.24, 2.45) is 0 Å². The number of para-hydroxylation sites is 1. The van der Waals surface area contributed by atoms with Crippen molar-refractivity contribution in [2.75, 3.05) is 7.11 Å². The molecular formula is C11H12N2O. The number of fused-ring (bicyclic) bond motifs is 1. The summed E-state index contributed by atoms with van der Waals surface area (Å²) in [6.07, 6.45) is 1.80. The van der Waals surface area contributed by atoms with Crippen molar-refractivity contribution >= 4 is 10.9 Å². The van der Waals surface area contributed by atoms with Gasteiger partial charge in [0.2, 0.25) is 0 Å². The van der Waals surface area contributed by atoms with E-state index in [9.17, 15) is 0 Å². The molecule has 0 radical (unpaired) electrons. The van der Waals surface area contributed by atoms with Crippen molar-refractivity contribution in [3.05, 3.63) is 42.1 Å². The molecule has 0 aliphatic carbocycles. The maximum absolute atomic E-state index is 4.82. The minimum absolute atomic E-state index is 0.671. The zero-order chi connectivity index (χ0) is 9.80. The average Bonchev–Trinajstić information content (AvgIpc) is 2.26. The minimum Gasteiger partial charge on any atom is -0.305 e. The summed E-state index contributed by atoms with van der Waals surface area (Å²) in [7, 11) is 1.61. The maximum Gasteiger partial charge on any atom is 0.0747 e. The Morgan fingerprint density at radius 1 is 1.29 bits per heavy atom. The molecule has 0 bridgehead atoms. The highest BCUT2D eigenvalue weighted by Gasteiger charge is 1.99. The lowest BCUT2D eigenvalue weighted by molar-refractivity contribution is 0.0870. The Balaban J connectivity index is 2.43. The molecule has 0 atom stereocenters. The smallest absolute Gasteiger partial charge is 0.0747 e. The van der Waals surface area contributed by atoms with Crippen LogP contribution in [0, 0.1) is 0 Å². The van der Waals surface area contributed by atoms with Gasteiger partial charge in [0.15, 0.2) is 0 Å². The average molecular weight is 188 g/mol. The van der Waals surface area contributed by atoms with Crippen molar-refractivity contribution in [3.8, 4) is 0 Å². The van der Waals surface area contributed by atoms with E-state index in [1.54, 1.807) is 13.3 Å². The number of nitrogens with zero attached hydrogens (tertiary/aromatic N) is 1. The first-order chi connectivity index (χ1) is 6.92. The van der Waals surface area contributed by atoms with Crippen LogP contribution in [0.2, 0.25) is 0 Å². The molecule has 3 nitrogen and oxygen atoms in total. The molecule has 2 aromatic rings. The van der Waals surface area contributed by atoms with Gasteiger partial charge in [-0.2, -0.15) is 5.48 Å². The highest BCUT2D eigenvalue weighted by atomic mass is 16.6. The van der Waals surface area contributed by atoms with Crippen LogP contribution in [0.1, 0.15) is 5.56 Å². The fourth-order valence-electron chi connectivity index (χ4n) is 1.46. The van der Waals surface area contributed by atoms with E-state index in [2.05, 4.69) is 22.6 Å². The summed E-state index contributed by atoms with van der Waals surface area (Å²) in [5, 5.41) is 1.16. The van der Waals surface area contributed by atoms with E-state index < -0.39 is 0 Å². The lowest BCUT2D eigenvalue weighted by Gasteiger charge is -2.05. The van der Waals surface area contributed by atoms with Crippen LogP contribution in [0.3, 0.4) is 0 Å². The van der Waals surface area contributed by atoms with Crippen molar-refractivity contribution < 1.29 is 4.84 Å². The predicted molar refractivity (Wildman–Crippen MR) is 55.6 cm³/mol. The highest BCUT2D eigenvalue weighted by Crippen LogP contribution is 2.15. The third-order valence-electron chi connectivity index (χ3n) is 2.12. The summed E-state index contributed by atoms with van der Waals surface area (Å²) in [4.78, 5) is 9.16. The van der Waals surface area contributed by atoms with Gasteiger partial charge in [-0.3, -0.25) is 4.98 Å². The third kappa shape index (κ3) is 1.73. The summed E-state index contributed by atoms with van der Waals surface area (Å²) < 4.78 is 0. The summed E-state index contributed by atoms with van der Waals surface area (Å²) in [5.74, 6) is 0. The van der Waals surface area contributed by atoms with Crippen LogP contribution in [-0.4, -0.2) is 12.1 Å². The van der Waals surface area contributed by atoms with Crippen molar-refractivity contribution in [1.29, 1.82) is 0 Å². The van der Waals surface area contributed by atoms with Gasteiger partial charge < -0.3 is 4.84 Å². The molecule has 3 heteroatoms. The molecule has 1 aromatic heterocycles. The molecular weight excluding hydrogens is 176 g/mol. The molecule has 1 N–H and O–H groups in total. The van der Waals surface area contributed by atoms with Crippen LogP contribution in [0.15, 0.2) is 36.5 Å². The van der Waals surface area contributed by atoms with Crippen molar-refractivity contribution in [3.63, 3.8) is 0 Å². The first-order valence-corrected chi connectivity index (χ1v) is 4.50. The van der Waals surface area contributed by atoms with Gasteiger partial charge in [0.25, 0.3) is 0 Å². The van der Waals surface area contributed by atoms with Gasteiger partial charge >= 0.3 is 0 Å². The number of aromatic nitrogens is 1. The number of benzene rings is 1. The largest absolute Gasteiger partial charge is 0.305 e. The van der Waals surface area contributed by atoms with E-state index in [-0.39, 0.29) is 0 Å². The maximum atomic E-state index is 4.82. The molecule has 72 valence electrons. The van der Waals surface area contributed by atoms with Crippen LogP contribution >= 0.6 is 0 Å². The highest BCUT2D eigenvalue weighted by molar-refractivity contribution is 5.81. The standard InChI is InChI=1S/C11H12N2O/c1-14-13-8-10-5-2-4-9-6-3-7-12-11(9)10/h2-7,13H,8H2,1H3. The number of pyridine rings is 1. The van der Waals surface area contributed by atoms with Gasteiger partial charge in [-0.25, -0.2) is 0 Å². The zero-order valence-electron chi connectivity index (χ0n) is 8.03. The van der Waals surface area contributed by atoms with Crippen LogP contribution < -0.4 is 5.48 Å². The van der Waals surface area contributed by atoms with Crippen LogP contribution in [-0.2, 0) is 11.4 Å². The third-order valence-corrected chi connectivity index (χ3v) is 2.12. The molecule has 2 rings (SSSR count). The van der Waals surface area contributed by atoms with Gasteiger partial charge in [-0.1, -0.05) is 24.3 Å². The van der Waals surface area contributed by atoms with E-state index in [1.807, 2.05) is 18.2 Å². The van der Waals surface area contributed by atoms with E-state index in [0.717, 1.165) is 16.5 Å². The minimum atomic E-state index is 0.671. The Hall–Kier alpha value is -1.45. The zero-order valence-corrected chi connectivity index (χ0v) is 8.03. The predicted octanol–water partition coefficient (Wildman–Crippen LogP) is 1.89. The Kier molecular flexibility index (Phi) is 2.72. The SMILES string of the molecule is CONCc1cccc2cccnc12. The van der Waals surface area contributed by atoms with Gasteiger partial charge in [-0.15, -0.1) is 0 Å². The molecule has 0 fully saturated rings. The number of hydrogen-bond donors (Lipinski definition) is 1. The quantitative estimate of drug-likeness (QED) is 0.747. The molecule has 0 aliphatic heterocycles. The molecule has 1 heterocycles. The lowest BCUT2D eigenvalue weighted by Crippen LogP contribution is -2.11. The van der Waals surface area contributed by atoms with Gasteiger partial charge in [-0.05, 0) is 11.6 Å². The van der Waals surface area contributed by atoms with Crippen LogP contribution in [0.25, 0.3) is 10.9 Å². The first-order valence-electron chi connectivity index (χ1n) is 4.50. The van der Waals surface area contributed by atoms with E-state index in [0.29, 0.717) is 6.54 Å². The molecule has 0 saturated heterocycles. The summed E-state index contributed by atoms with van der Waals surface area (Å²) >= 11 is 0. The second kappa shape index (κ2) is 4.17. The molecule has 1 aromatic carbocycles. The Bertz CT molecular complexity index is 423. The molecule has 0 saturated carbocycles. The summed E-state index contributed by atoms with van der Waals surface area (Å²) in [5.41, 5.74) is 4.99. The van der Waals surface area contributed by atoms with E-state index in [1.165, 1.54) is 0 Å². The molecule has 0 aliphatic rings. The number of rotatable bonds is 3. The van der Waals surface area contributed by atoms with Crippen molar-refractivity contribution in [1.82, 2.24) is 10.5 Å². The second-order valence-corrected chi connectivity index (χ2v) is 3.02. The fraction of sp³-hybridized carbons (Fsp3) is 0.182. The number of nitrogens with one attached hydrogen (secondary N) is 1. The van der Waals surface area contributed by atoms with E-state index >= 15 is 0 Å². The number of hydrogen-bond acceptors (Lipinski definition) is 3. The Labute approximate surface area is 82.7 Å². The van der Waals surface area contributed by atoms with Gasteiger partial charge in [0, 0.05) is 18.1 Å².